The number of hydrogen-bond acceptors (Lipinski definition) is 7. The molecule has 4 heterocycles. The zero-order chi connectivity index (χ0) is 18.8. The van der Waals surface area contributed by atoms with E-state index in [2.05, 4.69) is 32.5 Å². The SMILES string of the molecule is CCn1cnc2c(NC3CCN(C(=O)O[C@H]4CCNC4)CC3)nc(C)nc21. The standard InChI is InChI=1S/C18H27N7O2/c1-3-24-11-20-15-16(21-12(2)22-17(15)24)23-13-5-8-25(9-6-13)18(26)27-14-4-7-19-10-14/h11,13-14,19H,3-10H2,1-2H3,(H,21,22,23)/t14-/m0/s1. The summed E-state index contributed by atoms with van der Waals surface area (Å²) in [7, 11) is 0. The normalized spacial score (nSPS) is 21.0. The fourth-order valence-electron chi connectivity index (χ4n) is 3.73. The van der Waals surface area contributed by atoms with Crippen LogP contribution in [0.2, 0.25) is 0 Å². The summed E-state index contributed by atoms with van der Waals surface area (Å²) in [5.41, 5.74) is 1.66. The number of carbonyl (C=O) groups excluding carboxylic acids is 1. The molecule has 146 valence electrons. The molecule has 27 heavy (non-hydrogen) atoms. The molecule has 0 unspecified atom stereocenters. The summed E-state index contributed by atoms with van der Waals surface area (Å²) in [5, 5.41) is 6.73. The Balaban J connectivity index is 1.37. The first kappa shape index (κ1) is 18.0. The van der Waals surface area contributed by atoms with Crippen LogP contribution in [0.4, 0.5) is 10.6 Å². The monoisotopic (exact) mass is 373 g/mol. The Morgan fingerprint density at radius 2 is 2.15 bits per heavy atom. The zero-order valence-electron chi connectivity index (χ0n) is 15.9. The lowest BCUT2D eigenvalue weighted by atomic mass is 10.1. The predicted octanol–water partition coefficient (Wildman–Crippen LogP) is 1.53. The highest BCUT2D eigenvalue weighted by Gasteiger charge is 2.27. The summed E-state index contributed by atoms with van der Waals surface area (Å²) in [6.07, 6.45) is 4.25. The minimum atomic E-state index is -0.191. The van der Waals surface area contributed by atoms with Crippen LogP contribution in [0.25, 0.3) is 11.2 Å². The molecule has 2 aromatic rings. The van der Waals surface area contributed by atoms with Crippen LogP contribution < -0.4 is 10.6 Å². The largest absolute Gasteiger partial charge is 0.445 e. The molecule has 0 radical (unpaired) electrons. The van der Waals surface area contributed by atoms with E-state index < -0.39 is 0 Å². The van der Waals surface area contributed by atoms with Crippen molar-refractivity contribution in [1.82, 2.24) is 29.7 Å². The molecular formula is C18H27N7O2. The molecule has 0 aromatic carbocycles. The molecule has 1 amide bonds. The van der Waals surface area contributed by atoms with E-state index in [0.29, 0.717) is 13.1 Å². The lowest BCUT2D eigenvalue weighted by molar-refractivity contribution is 0.0641. The summed E-state index contributed by atoms with van der Waals surface area (Å²) in [5.74, 6) is 1.51. The second-order valence-corrected chi connectivity index (χ2v) is 7.23. The maximum atomic E-state index is 12.3. The van der Waals surface area contributed by atoms with Gasteiger partial charge in [-0.25, -0.2) is 19.7 Å². The Labute approximate surface area is 158 Å². The summed E-state index contributed by atoms with van der Waals surface area (Å²) < 4.78 is 7.58. The predicted molar refractivity (Wildman–Crippen MR) is 102 cm³/mol. The van der Waals surface area contributed by atoms with E-state index in [1.807, 2.05) is 16.4 Å². The van der Waals surface area contributed by atoms with Crippen molar-refractivity contribution in [2.45, 2.75) is 51.8 Å². The lowest BCUT2D eigenvalue weighted by Gasteiger charge is -2.32. The number of aryl methyl sites for hydroxylation is 2. The third-order valence-electron chi connectivity index (χ3n) is 5.29. The number of ether oxygens (including phenoxy) is 1. The number of fused-ring (bicyclic) bond motifs is 1. The van der Waals surface area contributed by atoms with Crippen LogP contribution in [0, 0.1) is 6.92 Å². The quantitative estimate of drug-likeness (QED) is 0.839. The molecule has 0 aliphatic carbocycles. The fraction of sp³-hybridized carbons (Fsp3) is 0.667. The maximum Gasteiger partial charge on any atom is 0.410 e. The van der Waals surface area contributed by atoms with E-state index in [0.717, 1.165) is 61.7 Å². The van der Waals surface area contributed by atoms with Crippen molar-refractivity contribution in [3.05, 3.63) is 12.2 Å². The number of likely N-dealkylation sites (tertiary alicyclic amines) is 1. The highest BCUT2D eigenvalue weighted by atomic mass is 16.6. The third kappa shape index (κ3) is 3.83. The molecule has 0 bridgehead atoms. The molecule has 4 rings (SSSR count). The number of carbonyl (C=O) groups is 1. The van der Waals surface area contributed by atoms with Crippen LogP contribution in [0.15, 0.2) is 6.33 Å². The van der Waals surface area contributed by atoms with Crippen LogP contribution in [0.3, 0.4) is 0 Å². The van der Waals surface area contributed by atoms with Crippen molar-refractivity contribution in [3.8, 4) is 0 Å². The second kappa shape index (κ2) is 7.67. The Bertz CT molecular complexity index is 807. The van der Waals surface area contributed by atoms with Crippen LogP contribution in [-0.2, 0) is 11.3 Å². The first-order valence-corrected chi connectivity index (χ1v) is 9.76. The van der Waals surface area contributed by atoms with Gasteiger partial charge in [0.15, 0.2) is 11.5 Å². The van der Waals surface area contributed by atoms with Crippen LogP contribution >= 0.6 is 0 Å². The van der Waals surface area contributed by atoms with Gasteiger partial charge in [0.05, 0.1) is 6.33 Å². The molecule has 2 aliphatic heterocycles. The van der Waals surface area contributed by atoms with Gasteiger partial charge < -0.3 is 24.8 Å². The van der Waals surface area contributed by atoms with Gasteiger partial charge in [-0.05, 0) is 39.7 Å². The first-order valence-electron chi connectivity index (χ1n) is 9.76. The number of anilines is 1. The summed E-state index contributed by atoms with van der Waals surface area (Å²) in [6.45, 7) is 7.85. The van der Waals surface area contributed by atoms with Crippen molar-refractivity contribution in [2.24, 2.45) is 0 Å². The van der Waals surface area contributed by atoms with Gasteiger partial charge in [0.1, 0.15) is 17.4 Å². The molecule has 0 spiro atoms. The van der Waals surface area contributed by atoms with Gasteiger partial charge >= 0.3 is 6.09 Å². The topological polar surface area (TPSA) is 97.2 Å². The van der Waals surface area contributed by atoms with E-state index in [-0.39, 0.29) is 18.2 Å². The van der Waals surface area contributed by atoms with E-state index in [1.54, 1.807) is 6.33 Å². The van der Waals surface area contributed by atoms with Crippen LogP contribution in [0.1, 0.15) is 32.0 Å². The molecule has 2 aliphatic rings. The molecule has 2 fully saturated rings. The number of aromatic nitrogens is 4. The average Bonchev–Trinajstić information content (AvgIpc) is 3.31. The summed E-state index contributed by atoms with van der Waals surface area (Å²) in [6, 6.07) is 0.256. The minimum Gasteiger partial charge on any atom is -0.445 e. The Morgan fingerprint density at radius 3 is 2.85 bits per heavy atom. The maximum absolute atomic E-state index is 12.3. The van der Waals surface area contributed by atoms with Gasteiger partial charge in [-0.15, -0.1) is 0 Å². The van der Waals surface area contributed by atoms with Crippen molar-refractivity contribution in [2.75, 3.05) is 31.5 Å². The number of piperidine rings is 1. The van der Waals surface area contributed by atoms with Gasteiger partial charge in [0.2, 0.25) is 0 Å². The van der Waals surface area contributed by atoms with E-state index in [4.69, 9.17) is 4.74 Å². The van der Waals surface area contributed by atoms with Gasteiger partial charge in [-0.3, -0.25) is 0 Å². The zero-order valence-corrected chi connectivity index (χ0v) is 15.9. The average molecular weight is 373 g/mol. The Kier molecular flexibility index (Phi) is 5.11. The third-order valence-corrected chi connectivity index (χ3v) is 5.29. The lowest BCUT2D eigenvalue weighted by Crippen LogP contribution is -2.44. The van der Waals surface area contributed by atoms with Crippen molar-refractivity contribution in [3.63, 3.8) is 0 Å². The number of nitrogens with zero attached hydrogens (tertiary/aromatic N) is 5. The summed E-state index contributed by atoms with van der Waals surface area (Å²) in [4.78, 5) is 27.7. The van der Waals surface area contributed by atoms with Crippen molar-refractivity contribution < 1.29 is 9.53 Å². The Morgan fingerprint density at radius 1 is 1.33 bits per heavy atom. The van der Waals surface area contributed by atoms with Gasteiger partial charge in [-0.2, -0.15) is 0 Å². The van der Waals surface area contributed by atoms with E-state index in [1.165, 1.54) is 0 Å². The van der Waals surface area contributed by atoms with Crippen molar-refractivity contribution >= 4 is 23.1 Å². The van der Waals surface area contributed by atoms with Gasteiger partial charge in [-0.1, -0.05) is 0 Å². The molecule has 9 nitrogen and oxygen atoms in total. The molecule has 0 saturated carbocycles. The molecule has 2 N–H and O–H groups in total. The van der Waals surface area contributed by atoms with E-state index in [9.17, 15) is 4.79 Å². The number of hydrogen-bond donors (Lipinski definition) is 2. The first-order chi connectivity index (χ1) is 13.1. The number of amides is 1. The summed E-state index contributed by atoms with van der Waals surface area (Å²) >= 11 is 0. The number of imidazole rings is 1. The number of nitrogens with one attached hydrogen (secondary N) is 2. The van der Waals surface area contributed by atoms with E-state index >= 15 is 0 Å². The highest BCUT2D eigenvalue weighted by Crippen LogP contribution is 2.22. The second-order valence-electron chi connectivity index (χ2n) is 7.23. The molecule has 9 heteroatoms. The minimum absolute atomic E-state index is 0.0132. The van der Waals surface area contributed by atoms with Crippen LogP contribution in [-0.4, -0.2) is 68.8 Å². The Hall–Kier alpha value is -2.42. The van der Waals surface area contributed by atoms with Gasteiger partial charge in [0.25, 0.3) is 0 Å². The van der Waals surface area contributed by atoms with Crippen molar-refractivity contribution in [1.29, 1.82) is 0 Å². The fourth-order valence-corrected chi connectivity index (χ4v) is 3.73. The smallest absolute Gasteiger partial charge is 0.410 e. The molecule has 1 atom stereocenters. The number of rotatable bonds is 4. The molecular weight excluding hydrogens is 346 g/mol. The van der Waals surface area contributed by atoms with Gasteiger partial charge in [0, 0.05) is 32.2 Å². The molecule has 2 saturated heterocycles. The molecule has 2 aromatic heterocycles. The van der Waals surface area contributed by atoms with Crippen LogP contribution in [0.5, 0.6) is 0 Å². The highest BCUT2D eigenvalue weighted by molar-refractivity contribution is 5.83.